The van der Waals surface area contributed by atoms with Crippen LogP contribution in [0.2, 0.25) is 0 Å². The Hall–Kier alpha value is -4.06. The Bertz CT molecular complexity index is 999. The molecule has 12 heteroatoms. The van der Waals surface area contributed by atoms with Crippen LogP contribution < -0.4 is 21.5 Å². The van der Waals surface area contributed by atoms with E-state index in [1.165, 1.54) is 24.3 Å². The smallest absolute Gasteiger partial charge is 0.335 e. The number of nitro groups is 1. The van der Waals surface area contributed by atoms with Gasteiger partial charge in [0.1, 0.15) is 5.82 Å². The number of unbranched alkanes of at least 4 members (excludes halogenated alkanes) is 1. The summed E-state index contributed by atoms with van der Waals surface area (Å²) in [6.07, 6.45) is 2.50. The number of anilines is 1. The number of hydrazine groups is 1. The first-order valence-corrected chi connectivity index (χ1v) is 10.2. The molecule has 3 amide bonds. The van der Waals surface area contributed by atoms with E-state index in [2.05, 4.69) is 26.5 Å². The fraction of sp³-hybridized carbons (Fsp3) is 0.333. The summed E-state index contributed by atoms with van der Waals surface area (Å²) in [5, 5.41) is 25.6. The number of hydrogen-bond donors (Lipinski definition) is 5. The molecule has 2 rings (SSSR count). The van der Waals surface area contributed by atoms with Gasteiger partial charge >= 0.3 is 12.0 Å². The van der Waals surface area contributed by atoms with E-state index in [9.17, 15) is 24.5 Å². The first-order chi connectivity index (χ1) is 15.8. The highest BCUT2D eigenvalue weighted by Crippen LogP contribution is 2.26. The molecule has 176 valence electrons. The Morgan fingerprint density at radius 2 is 1.94 bits per heavy atom. The Labute approximate surface area is 189 Å². The molecule has 1 unspecified atom stereocenters. The van der Waals surface area contributed by atoms with Crippen LogP contribution >= 0.6 is 0 Å². The maximum absolute atomic E-state index is 12.0. The number of nitro benzene ring substituents is 1. The minimum atomic E-state index is -1.22. The summed E-state index contributed by atoms with van der Waals surface area (Å²) in [5.74, 6) is -0.985. The van der Waals surface area contributed by atoms with Gasteiger partial charge in [0.15, 0.2) is 0 Å². The largest absolute Gasteiger partial charge is 0.481 e. The summed E-state index contributed by atoms with van der Waals surface area (Å²) in [6, 6.07) is 7.43. The second-order valence-corrected chi connectivity index (χ2v) is 7.22. The number of aryl methyl sites for hydroxylation is 1. The summed E-state index contributed by atoms with van der Waals surface area (Å²) in [7, 11) is 0. The molecule has 0 bridgehead atoms. The van der Waals surface area contributed by atoms with Crippen LogP contribution in [-0.4, -0.2) is 39.5 Å². The van der Waals surface area contributed by atoms with Gasteiger partial charge in [-0.15, -0.1) is 0 Å². The van der Waals surface area contributed by atoms with Gasteiger partial charge in [-0.25, -0.2) is 15.2 Å². The first-order valence-electron chi connectivity index (χ1n) is 10.2. The number of nitrogens with zero attached hydrogens (tertiary/aromatic N) is 2. The number of para-hydroxylation sites is 1. The van der Waals surface area contributed by atoms with Gasteiger partial charge in [0, 0.05) is 30.8 Å². The Balaban J connectivity index is 1.77. The minimum absolute atomic E-state index is 0.0899. The van der Waals surface area contributed by atoms with Gasteiger partial charge in [-0.2, -0.15) is 0 Å². The van der Waals surface area contributed by atoms with Gasteiger partial charge in [-0.1, -0.05) is 18.2 Å². The highest BCUT2D eigenvalue weighted by molar-refractivity contribution is 5.94. The summed E-state index contributed by atoms with van der Waals surface area (Å²) < 4.78 is 0. The SMILES string of the molecule is Cc1ccnc(NCCCCC(=O)NC(=O)NNC(CC(=O)O)c2ccccc2[N+](=O)[O-])c1. The van der Waals surface area contributed by atoms with Crippen LogP contribution in [0, 0.1) is 17.0 Å². The molecule has 5 N–H and O–H groups in total. The molecule has 1 aromatic heterocycles. The normalized spacial score (nSPS) is 11.3. The number of imide groups is 1. The molecule has 2 aromatic rings. The molecule has 12 nitrogen and oxygen atoms in total. The van der Waals surface area contributed by atoms with E-state index in [4.69, 9.17) is 5.11 Å². The van der Waals surface area contributed by atoms with Crippen molar-refractivity contribution in [1.29, 1.82) is 0 Å². The molecular formula is C21H26N6O6. The van der Waals surface area contributed by atoms with E-state index >= 15 is 0 Å². The third-order valence-electron chi connectivity index (χ3n) is 4.55. The van der Waals surface area contributed by atoms with E-state index in [1.807, 2.05) is 19.1 Å². The van der Waals surface area contributed by atoms with Crippen LogP contribution in [0.15, 0.2) is 42.6 Å². The van der Waals surface area contributed by atoms with Crippen molar-refractivity contribution in [2.75, 3.05) is 11.9 Å². The molecule has 0 aliphatic heterocycles. The van der Waals surface area contributed by atoms with E-state index < -0.39 is 35.3 Å². The number of rotatable bonds is 12. The number of amides is 3. The molecule has 0 fully saturated rings. The highest BCUT2D eigenvalue weighted by Gasteiger charge is 2.24. The van der Waals surface area contributed by atoms with Crippen molar-refractivity contribution >= 4 is 29.4 Å². The number of aromatic nitrogens is 1. The Morgan fingerprint density at radius 3 is 2.64 bits per heavy atom. The number of aliphatic carboxylic acids is 1. The molecule has 33 heavy (non-hydrogen) atoms. The summed E-state index contributed by atoms with van der Waals surface area (Å²) in [4.78, 5) is 49.9. The first kappa shape index (κ1) is 25.2. The van der Waals surface area contributed by atoms with Crippen molar-refractivity contribution in [2.24, 2.45) is 0 Å². The second kappa shape index (κ2) is 12.7. The zero-order valence-electron chi connectivity index (χ0n) is 18.0. The van der Waals surface area contributed by atoms with Crippen LogP contribution in [0.4, 0.5) is 16.3 Å². The molecule has 1 heterocycles. The lowest BCUT2D eigenvalue weighted by atomic mass is 10.0. The Morgan fingerprint density at radius 1 is 1.18 bits per heavy atom. The zero-order chi connectivity index (χ0) is 24.2. The minimum Gasteiger partial charge on any atom is -0.481 e. The van der Waals surface area contributed by atoms with E-state index in [1.54, 1.807) is 6.20 Å². The number of hydrogen-bond acceptors (Lipinski definition) is 8. The number of carboxylic acids is 1. The molecule has 0 saturated heterocycles. The van der Waals surface area contributed by atoms with Gasteiger partial charge in [0.25, 0.3) is 5.69 Å². The zero-order valence-corrected chi connectivity index (χ0v) is 18.0. The maximum Gasteiger partial charge on any atom is 0.335 e. The number of nitrogens with one attached hydrogen (secondary N) is 4. The van der Waals surface area contributed by atoms with Crippen LogP contribution in [0.1, 0.15) is 42.9 Å². The predicted molar refractivity (Wildman–Crippen MR) is 119 cm³/mol. The molecule has 0 radical (unpaired) electrons. The average molecular weight is 458 g/mol. The number of carbonyl (C=O) groups excluding carboxylic acids is 2. The summed E-state index contributed by atoms with van der Waals surface area (Å²) in [6.45, 7) is 2.58. The van der Waals surface area contributed by atoms with Crippen molar-refractivity contribution < 1.29 is 24.4 Å². The van der Waals surface area contributed by atoms with Crippen molar-refractivity contribution in [3.8, 4) is 0 Å². The average Bonchev–Trinajstić information content (AvgIpc) is 2.76. The second-order valence-electron chi connectivity index (χ2n) is 7.22. The number of urea groups is 1. The van der Waals surface area contributed by atoms with Crippen molar-refractivity contribution in [2.45, 2.75) is 38.6 Å². The fourth-order valence-electron chi connectivity index (χ4n) is 2.99. The molecule has 1 atom stereocenters. The van der Waals surface area contributed by atoms with Gasteiger partial charge in [0.05, 0.1) is 17.4 Å². The monoisotopic (exact) mass is 458 g/mol. The van der Waals surface area contributed by atoms with Crippen LogP contribution in [0.5, 0.6) is 0 Å². The van der Waals surface area contributed by atoms with E-state index in [0.29, 0.717) is 19.4 Å². The van der Waals surface area contributed by atoms with Gasteiger partial charge in [0.2, 0.25) is 5.91 Å². The van der Waals surface area contributed by atoms with Gasteiger partial charge < -0.3 is 10.4 Å². The van der Waals surface area contributed by atoms with Crippen molar-refractivity contribution in [3.63, 3.8) is 0 Å². The fourth-order valence-corrected chi connectivity index (χ4v) is 2.99. The van der Waals surface area contributed by atoms with E-state index in [-0.39, 0.29) is 17.7 Å². The van der Waals surface area contributed by atoms with E-state index in [0.717, 1.165) is 11.4 Å². The van der Waals surface area contributed by atoms with Gasteiger partial charge in [-0.3, -0.25) is 30.4 Å². The Kier molecular flexibility index (Phi) is 9.71. The molecular weight excluding hydrogens is 432 g/mol. The summed E-state index contributed by atoms with van der Waals surface area (Å²) >= 11 is 0. The van der Waals surface area contributed by atoms with Crippen molar-refractivity contribution in [1.82, 2.24) is 21.2 Å². The predicted octanol–water partition coefficient (Wildman–Crippen LogP) is 2.43. The number of pyridine rings is 1. The topological polar surface area (TPSA) is 176 Å². The molecule has 0 aliphatic rings. The number of benzene rings is 1. The third kappa shape index (κ3) is 8.91. The molecule has 0 saturated carbocycles. The molecule has 0 spiro atoms. The maximum atomic E-state index is 12.0. The van der Waals surface area contributed by atoms with Crippen LogP contribution in [0.3, 0.4) is 0 Å². The third-order valence-corrected chi connectivity index (χ3v) is 4.55. The van der Waals surface area contributed by atoms with Crippen molar-refractivity contribution in [3.05, 3.63) is 63.8 Å². The van der Waals surface area contributed by atoms with Gasteiger partial charge in [-0.05, 0) is 37.5 Å². The lowest BCUT2D eigenvalue weighted by molar-refractivity contribution is -0.385. The highest BCUT2D eigenvalue weighted by atomic mass is 16.6. The summed E-state index contributed by atoms with van der Waals surface area (Å²) in [5.41, 5.74) is 5.52. The van der Waals surface area contributed by atoms with Crippen LogP contribution in [0.25, 0.3) is 0 Å². The molecule has 1 aromatic carbocycles. The quantitative estimate of drug-likeness (QED) is 0.182. The van der Waals surface area contributed by atoms with Crippen LogP contribution in [-0.2, 0) is 9.59 Å². The lowest BCUT2D eigenvalue weighted by Gasteiger charge is -2.18. The number of carbonyl (C=O) groups is 3. The standard InChI is InChI=1S/C21H26N6O6/c1-14-9-11-23-18(12-14)22-10-5-4-8-19(28)24-21(31)26-25-16(13-20(29)30)15-6-2-3-7-17(15)27(32)33/h2-3,6-7,9,11-12,16,25H,4-5,8,10,13H2,1H3,(H,22,23)(H,29,30)(H2,24,26,28,31). The molecule has 0 aliphatic carbocycles. The number of carboxylic acid groups (broad SMARTS) is 1. The lowest BCUT2D eigenvalue weighted by Crippen LogP contribution is -2.48.